The maximum absolute atomic E-state index is 11.8. The molecular weight excluding hydrogens is 232 g/mol. The first-order valence-corrected chi connectivity index (χ1v) is 5.85. The number of hydrogen-bond donors (Lipinski definition) is 2. The lowest BCUT2D eigenvalue weighted by molar-refractivity contribution is -0.137. The Morgan fingerprint density at radius 2 is 2.06 bits per heavy atom. The van der Waals surface area contributed by atoms with Crippen LogP contribution >= 0.6 is 0 Å². The second kappa shape index (κ2) is 5.29. The van der Waals surface area contributed by atoms with Crippen LogP contribution in [0, 0.1) is 0 Å². The van der Waals surface area contributed by atoms with Gasteiger partial charge in [-0.2, -0.15) is 0 Å². The molecule has 18 heavy (non-hydrogen) atoms. The number of aliphatic hydroxyl groups is 1. The first kappa shape index (κ1) is 12.7. The minimum Gasteiger partial charge on any atom is -0.394 e. The van der Waals surface area contributed by atoms with E-state index >= 15 is 0 Å². The molecule has 2 unspecified atom stereocenters. The number of likely N-dealkylation sites (N-methyl/N-ethyl adjacent to an activating group) is 1. The van der Waals surface area contributed by atoms with Crippen LogP contribution in [-0.4, -0.2) is 41.5 Å². The molecule has 1 aliphatic rings. The van der Waals surface area contributed by atoms with Crippen molar-refractivity contribution in [3.63, 3.8) is 0 Å². The fourth-order valence-electron chi connectivity index (χ4n) is 2.07. The molecule has 2 rings (SSSR count). The van der Waals surface area contributed by atoms with Gasteiger partial charge in [-0.3, -0.25) is 19.8 Å². The van der Waals surface area contributed by atoms with Gasteiger partial charge in [0.05, 0.1) is 25.1 Å². The summed E-state index contributed by atoms with van der Waals surface area (Å²) in [6.07, 6.45) is 0.151. The Bertz CT molecular complexity index is 447. The van der Waals surface area contributed by atoms with E-state index in [0.717, 1.165) is 10.5 Å². The van der Waals surface area contributed by atoms with Crippen LogP contribution in [0.2, 0.25) is 0 Å². The molecule has 1 aromatic rings. The molecule has 5 nitrogen and oxygen atoms in total. The average Bonchev–Trinajstić information content (AvgIpc) is 2.64. The van der Waals surface area contributed by atoms with Crippen molar-refractivity contribution in [1.82, 2.24) is 10.2 Å². The Morgan fingerprint density at radius 1 is 1.39 bits per heavy atom. The van der Waals surface area contributed by atoms with Crippen molar-refractivity contribution in [2.24, 2.45) is 0 Å². The lowest BCUT2D eigenvalue weighted by atomic mass is 10.1. The van der Waals surface area contributed by atoms with Gasteiger partial charge in [0.1, 0.15) is 0 Å². The fourth-order valence-corrected chi connectivity index (χ4v) is 2.07. The van der Waals surface area contributed by atoms with Crippen LogP contribution in [0.1, 0.15) is 18.0 Å². The molecule has 5 heteroatoms. The third kappa shape index (κ3) is 2.42. The Balaban J connectivity index is 2.08. The van der Waals surface area contributed by atoms with Crippen molar-refractivity contribution in [2.45, 2.75) is 18.5 Å². The fraction of sp³-hybridized carbons (Fsp3) is 0.385. The van der Waals surface area contributed by atoms with Gasteiger partial charge in [0, 0.05) is 7.05 Å². The zero-order valence-electron chi connectivity index (χ0n) is 10.2. The van der Waals surface area contributed by atoms with Crippen LogP contribution in [0.3, 0.4) is 0 Å². The first-order chi connectivity index (χ1) is 8.63. The van der Waals surface area contributed by atoms with Crippen molar-refractivity contribution in [3.8, 4) is 0 Å². The number of likely N-dealkylation sites (tertiary alicyclic amines) is 1. The number of benzene rings is 1. The molecule has 1 aromatic carbocycles. The van der Waals surface area contributed by atoms with Crippen LogP contribution < -0.4 is 5.32 Å². The van der Waals surface area contributed by atoms with E-state index in [9.17, 15) is 14.7 Å². The molecule has 0 aromatic heterocycles. The minimum absolute atomic E-state index is 0.119. The summed E-state index contributed by atoms with van der Waals surface area (Å²) >= 11 is 0. The van der Waals surface area contributed by atoms with Gasteiger partial charge < -0.3 is 5.11 Å². The van der Waals surface area contributed by atoms with Gasteiger partial charge in [-0.1, -0.05) is 30.3 Å². The second-order valence-electron chi connectivity index (χ2n) is 4.36. The number of nitrogens with one attached hydrogen (secondary N) is 1. The Morgan fingerprint density at radius 3 is 2.56 bits per heavy atom. The number of aliphatic hydroxyl groups excluding tert-OH is 1. The van der Waals surface area contributed by atoms with Crippen LogP contribution in [0.4, 0.5) is 0 Å². The number of nitrogens with zero attached hydrogens (tertiary/aromatic N) is 1. The molecule has 0 bridgehead atoms. The maximum atomic E-state index is 11.8. The predicted molar refractivity (Wildman–Crippen MR) is 65.6 cm³/mol. The van der Waals surface area contributed by atoms with Crippen molar-refractivity contribution in [2.75, 3.05) is 13.7 Å². The van der Waals surface area contributed by atoms with E-state index in [-0.39, 0.29) is 30.9 Å². The zero-order chi connectivity index (χ0) is 13.1. The van der Waals surface area contributed by atoms with E-state index in [1.807, 2.05) is 30.3 Å². The SMILES string of the molecule is CN1C(=O)CC(NC(CO)c2ccccc2)C1=O. The van der Waals surface area contributed by atoms with Crippen LogP contribution in [0.5, 0.6) is 0 Å². The van der Waals surface area contributed by atoms with E-state index in [4.69, 9.17) is 0 Å². The van der Waals surface area contributed by atoms with Crippen LogP contribution in [-0.2, 0) is 9.59 Å². The summed E-state index contributed by atoms with van der Waals surface area (Å²) in [5.74, 6) is -0.434. The normalized spacial score (nSPS) is 21.4. The van der Waals surface area contributed by atoms with E-state index in [1.54, 1.807) is 0 Å². The lowest BCUT2D eigenvalue weighted by Crippen LogP contribution is -2.40. The minimum atomic E-state index is -0.542. The molecule has 2 amide bonds. The van der Waals surface area contributed by atoms with E-state index < -0.39 is 6.04 Å². The largest absolute Gasteiger partial charge is 0.394 e. The maximum Gasteiger partial charge on any atom is 0.246 e. The second-order valence-corrected chi connectivity index (χ2v) is 4.36. The molecule has 0 saturated carbocycles. The highest BCUT2D eigenvalue weighted by Gasteiger charge is 2.37. The topological polar surface area (TPSA) is 69.6 Å². The van der Waals surface area contributed by atoms with Crippen molar-refractivity contribution in [1.29, 1.82) is 0 Å². The highest BCUT2D eigenvalue weighted by Crippen LogP contribution is 2.17. The van der Waals surface area contributed by atoms with Crippen LogP contribution in [0.25, 0.3) is 0 Å². The monoisotopic (exact) mass is 248 g/mol. The summed E-state index contributed by atoms with van der Waals surface area (Å²) in [4.78, 5) is 24.3. The van der Waals surface area contributed by atoms with Gasteiger partial charge in [-0.15, -0.1) is 0 Å². The number of hydrogen-bond acceptors (Lipinski definition) is 4. The van der Waals surface area contributed by atoms with Gasteiger partial charge in [-0.05, 0) is 5.56 Å². The van der Waals surface area contributed by atoms with Crippen molar-refractivity contribution >= 4 is 11.8 Å². The molecular formula is C13H16N2O3. The zero-order valence-corrected chi connectivity index (χ0v) is 10.2. The molecule has 1 fully saturated rings. The van der Waals surface area contributed by atoms with E-state index in [1.165, 1.54) is 7.05 Å². The number of carbonyl (C=O) groups is 2. The number of amides is 2. The molecule has 2 N–H and O–H groups in total. The van der Waals surface area contributed by atoms with Crippen LogP contribution in [0.15, 0.2) is 30.3 Å². The molecule has 1 saturated heterocycles. The Labute approximate surface area is 105 Å². The molecule has 0 aliphatic carbocycles. The summed E-state index contributed by atoms with van der Waals surface area (Å²) in [6.45, 7) is -0.119. The predicted octanol–water partition coefficient (Wildman–Crippen LogP) is 0.0669. The first-order valence-electron chi connectivity index (χ1n) is 5.85. The molecule has 1 heterocycles. The summed E-state index contributed by atoms with van der Waals surface area (Å²) in [6, 6.07) is 8.49. The molecule has 0 spiro atoms. The van der Waals surface area contributed by atoms with Gasteiger partial charge in [0.15, 0.2) is 0 Å². The molecule has 2 atom stereocenters. The highest BCUT2D eigenvalue weighted by atomic mass is 16.3. The molecule has 1 aliphatic heterocycles. The third-order valence-electron chi connectivity index (χ3n) is 3.17. The Hall–Kier alpha value is -1.72. The Kier molecular flexibility index (Phi) is 3.74. The number of rotatable bonds is 4. The lowest BCUT2D eigenvalue weighted by Gasteiger charge is -2.20. The average molecular weight is 248 g/mol. The van der Waals surface area contributed by atoms with Crippen molar-refractivity contribution < 1.29 is 14.7 Å². The quantitative estimate of drug-likeness (QED) is 0.740. The standard InChI is InChI=1S/C13H16N2O3/c1-15-12(17)7-10(13(15)18)14-11(8-16)9-5-3-2-4-6-9/h2-6,10-11,14,16H,7-8H2,1H3. The summed E-state index contributed by atoms with van der Waals surface area (Å²) < 4.78 is 0. The summed E-state index contributed by atoms with van der Waals surface area (Å²) in [7, 11) is 1.48. The van der Waals surface area contributed by atoms with Crippen molar-refractivity contribution in [3.05, 3.63) is 35.9 Å². The van der Waals surface area contributed by atoms with Gasteiger partial charge in [0.25, 0.3) is 0 Å². The summed E-state index contributed by atoms with van der Waals surface area (Å²) in [5.41, 5.74) is 0.898. The summed E-state index contributed by atoms with van der Waals surface area (Å²) in [5, 5.41) is 12.4. The molecule has 0 radical (unpaired) electrons. The third-order valence-corrected chi connectivity index (χ3v) is 3.17. The smallest absolute Gasteiger partial charge is 0.246 e. The number of carbonyl (C=O) groups excluding carboxylic acids is 2. The number of imide groups is 1. The van der Waals surface area contributed by atoms with E-state index in [2.05, 4.69) is 5.32 Å². The highest BCUT2D eigenvalue weighted by molar-refractivity contribution is 6.05. The van der Waals surface area contributed by atoms with E-state index in [0.29, 0.717) is 0 Å². The van der Waals surface area contributed by atoms with Gasteiger partial charge >= 0.3 is 0 Å². The molecule has 96 valence electrons. The van der Waals surface area contributed by atoms with Gasteiger partial charge in [0.2, 0.25) is 11.8 Å². The van der Waals surface area contributed by atoms with Gasteiger partial charge in [-0.25, -0.2) is 0 Å².